The van der Waals surface area contributed by atoms with Crippen LogP contribution in [-0.2, 0) is 19.1 Å². The van der Waals surface area contributed by atoms with Gasteiger partial charge in [0.15, 0.2) is 0 Å². The molecule has 6 heteroatoms. The molecule has 0 saturated carbocycles. The molecule has 3 rings (SSSR count). The van der Waals surface area contributed by atoms with Crippen LogP contribution in [0.4, 0.5) is 11.4 Å². The Kier molecular flexibility index (Phi) is 4.63. The number of ether oxygens (including phenoxy) is 2. The van der Waals surface area contributed by atoms with E-state index in [9.17, 15) is 9.59 Å². The Morgan fingerprint density at radius 2 is 1.83 bits per heavy atom. The van der Waals surface area contributed by atoms with Crippen molar-refractivity contribution in [1.29, 1.82) is 0 Å². The van der Waals surface area contributed by atoms with Crippen LogP contribution >= 0.6 is 0 Å². The zero-order chi connectivity index (χ0) is 16.3. The molecular formula is C17H22N2O4. The molecule has 2 aliphatic heterocycles. The molecule has 1 atom stereocenters. The van der Waals surface area contributed by atoms with Crippen molar-refractivity contribution in [3.8, 4) is 0 Å². The average molecular weight is 318 g/mol. The summed E-state index contributed by atoms with van der Waals surface area (Å²) in [7, 11) is 0. The molecule has 2 amide bonds. The molecule has 2 heterocycles. The van der Waals surface area contributed by atoms with E-state index in [-0.39, 0.29) is 17.9 Å². The van der Waals surface area contributed by atoms with Crippen molar-refractivity contribution in [3.05, 3.63) is 24.3 Å². The van der Waals surface area contributed by atoms with Crippen LogP contribution < -0.4 is 10.6 Å². The Morgan fingerprint density at radius 3 is 2.30 bits per heavy atom. The van der Waals surface area contributed by atoms with Gasteiger partial charge in [-0.05, 0) is 43.5 Å². The summed E-state index contributed by atoms with van der Waals surface area (Å²) in [5.74, 6) is -0.127. The molecule has 2 saturated heterocycles. The van der Waals surface area contributed by atoms with Gasteiger partial charge in [0, 0.05) is 18.0 Å². The van der Waals surface area contributed by atoms with Gasteiger partial charge in [-0.1, -0.05) is 6.92 Å². The second-order valence-electron chi connectivity index (χ2n) is 6.15. The second kappa shape index (κ2) is 6.68. The molecule has 0 radical (unpaired) electrons. The van der Waals surface area contributed by atoms with Gasteiger partial charge in [0.25, 0.3) is 5.91 Å². The summed E-state index contributed by atoms with van der Waals surface area (Å²) in [5.41, 5.74) is 1.01. The quantitative estimate of drug-likeness (QED) is 0.872. The Morgan fingerprint density at radius 1 is 1.17 bits per heavy atom. The predicted octanol–water partition coefficient (Wildman–Crippen LogP) is 2.17. The topological polar surface area (TPSA) is 76.7 Å². The zero-order valence-electron chi connectivity index (χ0n) is 13.3. The molecule has 0 unspecified atom stereocenters. The number of carbonyl (C=O) groups is 2. The highest BCUT2D eigenvalue weighted by Gasteiger charge is 2.44. The van der Waals surface area contributed by atoms with E-state index in [0.717, 1.165) is 19.3 Å². The van der Waals surface area contributed by atoms with Crippen LogP contribution in [0.15, 0.2) is 24.3 Å². The molecular weight excluding hydrogens is 296 g/mol. The van der Waals surface area contributed by atoms with Crippen molar-refractivity contribution >= 4 is 23.2 Å². The molecule has 23 heavy (non-hydrogen) atoms. The van der Waals surface area contributed by atoms with Gasteiger partial charge in [-0.3, -0.25) is 9.59 Å². The highest BCUT2D eigenvalue weighted by Crippen LogP contribution is 2.32. The molecule has 2 fully saturated rings. The van der Waals surface area contributed by atoms with Crippen LogP contribution in [0.3, 0.4) is 0 Å². The van der Waals surface area contributed by atoms with Crippen molar-refractivity contribution in [2.24, 2.45) is 5.41 Å². The first-order chi connectivity index (χ1) is 11.1. The van der Waals surface area contributed by atoms with Crippen LogP contribution in [0, 0.1) is 5.41 Å². The minimum Gasteiger partial charge on any atom is -0.379 e. The van der Waals surface area contributed by atoms with Crippen LogP contribution in [0.1, 0.15) is 26.2 Å². The van der Waals surface area contributed by atoms with Crippen LogP contribution in [0.2, 0.25) is 0 Å². The van der Waals surface area contributed by atoms with Gasteiger partial charge in [-0.2, -0.15) is 0 Å². The number of rotatable bonds is 5. The predicted molar refractivity (Wildman–Crippen MR) is 86.2 cm³/mol. The van der Waals surface area contributed by atoms with Crippen LogP contribution in [0.25, 0.3) is 0 Å². The Hall–Kier alpha value is -1.92. The molecule has 0 aliphatic carbocycles. The molecule has 1 aromatic carbocycles. The van der Waals surface area contributed by atoms with Crippen LogP contribution in [-0.4, -0.2) is 37.7 Å². The maximum atomic E-state index is 12.3. The fraction of sp³-hybridized carbons (Fsp3) is 0.529. The summed E-state index contributed by atoms with van der Waals surface area (Å²) in [6.45, 7) is 3.59. The lowest BCUT2D eigenvalue weighted by atomic mass is 9.82. The van der Waals surface area contributed by atoms with E-state index in [1.54, 1.807) is 24.3 Å². The molecule has 0 aromatic heterocycles. The number of carbonyl (C=O) groups excluding carboxylic acids is 2. The molecule has 2 aliphatic rings. The van der Waals surface area contributed by atoms with Crippen molar-refractivity contribution in [3.63, 3.8) is 0 Å². The summed E-state index contributed by atoms with van der Waals surface area (Å²) in [5, 5.41) is 5.75. The monoisotopic (exact) mass is 318 g/mol. The lowest BCUT2D eigenvalue weighted by molar-refractivity contribution is -0.156. The third-order valence-corrected chi connectivity index (χ3v) is 4.55. The summed E-state index contributed by atoms with van der Waals surface area (Å²) < 4.78 is 10.5. The van der Waals surface area contributed by atoms with Gasteiger partial charge in [0.1, 0.15) is 6.10 Å². The maximum Gasteiger partial charge on any atom is 0.253 e. The maximum absolute atomic E-state index is 12.3. The van der Waals surface area contributed by atoms with E-state index < -0.39 is 5.41 Å². The summed E-state index contributed by atoms with van der Waals surface area (Å²) in [4.78, 5) is 24.3. The number of benzene rings is 1. The lowest BCUT2D eigenvalue weighted by Gasteiger charge is -2.38. The fourth-order valence-electron chi connectivity index (χ4n) is 2.75. The van der Waals surface area contributed by atoms with Crippen LogP contribution in [0.5, 0.6) is 0 Å². The van der Waals surface area contributed by atoms with Gasteiger partial charge >= 0.3 is 0 Å². The third kappa shape index (κ3) is 3.38. The third-order valence-electron chi connectivity index (χ3n) is 4.55. The summed E-state index contributed by atoms with van der Waals surface area (Å²) in [6.07, 6.45) is 2.10. The van der Waals surface area contributed by atoms with Crippen molar-refractivity contribution in [1.82, 2.24) is 0 Å². The number of hydrogen-bond acceptors (Lipinski definition) is 4. The van der Waals surface area contributed by atoms with Crippen molar-refractivity contribution in [2.45, 2.75) is 32.3 Å². The van der Waals surface area contributed by atoms with E-state index in [4.69, 9.17) is 9.47 Å². The first-order valence-corrected chi connectivity index (χ1v) is 8.05. The molecule has 2 N–H and O–H groups in total. The standard InChI is InChI=1S/C17H22N2O4/c1-2-17(10-22-11-17)16(21)19-13-7-5-12(6-8-13)18-15(20)14-4-3-9-23-14/h5-8,14H,2-4,9-11H2,1H3,(H,18,20)(H,19,21)/t14-/m1/s1. The van der Waals surface area contributed by atoms with Gasteiger partial charge in [0.05, 0.1) is 18.6 Å². The number of hydrogen-bond donors (Lipinski definition) is 2. The largest absolute Gasteiger partial charge is 0.379 e. The molecule has 6 nitrogen and oxygen atoms in total. The lowest BCUT2D eigenvalue weighted by Crippen LogP contribution is -2.51. The Bertz CT molecular complexity index is 569. The summed E-state index contributed by atoms with van der Waals surface area (Å²) >= 11 is 0. The molecule has 124 valence electrons. The molecule has 1 aromatic rings. The highest BCUT2D eigenvalue weighted by molar-refractivity contribution is 5.97. The SMILES string of the molecule is CCC1(C(=O)Nc2ccc(NC(=O)[C@H]3CCCO3)cc2)COC1. The van der Waals surface area contributed by atoms with E-state index in [0.29, 0.717) is 31.2 Å². The smallest absolute Gasteiger partial charge is 0.253 e. The Balaban J connectivity index is 1.56. The zero-order valence-corrected chi connectivity index (χ0v) is 13.3. The van der Waals surface area contributed by atoms with Gasteiger partial charge in [0.2, 0.25) is 5.91 Å². The number of nitrogens with one attached hydrogen (secondary N) is 2. The fourth-order valence-corrected chi connectivity index (χ4v) is 2.75. The normalized spacial score (nSPS) is 22.2. The highest BCUT2D eigenvalue weighted by atomic mass is 16.5. The molecule has 0 spiro atoms. The number of amides is 2. The minimum absolute atomic E-state index is 0.0117. The first kappa shape index (κ1) is 16.0. The second-order valence-corrected chi connectivity index (χ2v) is 6.15. The Labute approximate surface area is 135 Å². The van der Waals surface area contributed by atoms with Gasteiger partial charge < -0.3 is 20.1 Å². The number of anilines is 2. The molecule has 0 bridgehead atoms. The average Bonchev–Trinajstić information content (AvgIpc) is 3.03. The van der Waals surface area contributed by atoms with Crippen molar-refractivity contribution in [2.75, 3.05) is 30.5 Å². The van der Waals surface area contributed by atoms with E-state index in [1.165, 1.54) is 0 Å². The summed E-state index contributed by atoms with van der Waals surface area (Å²) in [6, 6.07) is 7.12. The van der Waals surface area contributed by atoms with E-state index >= 15 is 0 Å². The minimum atomic E-state index is -0.396. The van der Waals surface area contributed by atoms with Crippen molar-refractivity contribution < 1.29 is 19.1 Å². The van der Waals surface area contributed by atoms with Gasteiger partial charge in [-0.25, -0.2) is 0 Å². The van der Waals surface area contributed by atoms with E-state index in [1.807, 2.05) is 6.92 Å². The van der Waals surface area contributed by atoms with E-state index in [2.05, 4.69) is 10.6 Å². The first-order valence-electron chi connectivity index (χ1n) is 8.05. The van der Waals surface area contributed by atoms with Gasteiger partial charge in [-0.15, -0.1) is 0 Å².